The number of carboxylic acid groups (broad SMARTS) is 1. The Morgan fingerprint density at radius 2 is 1.97 bits per heavy atom. The number of aliphatic hydroxyl groups is 2. The molecule has 9 heteroatoms. The lowest BCUT2D eigenvalue weighted by molar-refractivity contribution is -0.141. The van der Waals surface area contributed by atoms with Gasteiger partial charge in [-0.3, -0.25) is 4.79 Å². The molecule has 1 saturated carbocycles. The van der Waals surface area contributed by atoms with E-state index < -0.39 is 23.8 Å². The molecular formula is C30H40ClN3O5. The van der Waals surface area contributed by atoms with E-state index in [2.05, 4.69) is 11.4 Å². The smallest absolute Gasteiger partial charge is 0.404 e. The van der Waals surface area contributed by atoms with Crippen molar-refractivity contribution in [1.82, 2.24) is 10.2 Å². The summed E-state index contributed by atoms with van der Waals surface area (Å²) in [5, 5.41) is 34.6. The van der Waals surface area contributed by atoms with E-state index in [-0.39, 0.29) is 24.3 Å². The number of halogens is 1. The largest absolute Gasteiger partial charge is 0.465 e. The third-order valence-corrected chi connectivity index (χ3v) is 8.75. The van der Waals surface area contributed by atoms with E-state index in [9.17, 15) is 19.8 Å². The maximum Gasteiger partial charge on any atom is 0.404 e. The molecule has 0 aromatic heterocycles. The number of benzene rings is 2. The van der Waals surface area contributed by atoms with Gasteiger partial charge in [0, 0.05) is 42.5 Å². The van der Waals surface area contributed by atoms with Crippen LogP contribution in [0.1, 0.15) is 60.8 Å². The summed E-state index contributed by atoms with van der Waals surface area (Å²) in [4.78, 5) is 26.3. The van der Waals surface area contributed by atoms with Crippen LogP contribution in [-0.2, 0) is 16.8 Å². The van der Waals surface area contributed by atoms with Gasteiger partial charge in [0.05, 0.1) is 11.7 Å². The molecule has 1 heterocycles. The van der Waals surface area contributed by atoms with Crippen LogP contribution >= 0.6 is 11.6 Å². The molecule has 8 nitrogen and oxygen atoms in total. The topological polar surface area (TPSA) is 136 Å². The summed E-state index contributed by atoms with van der Waals surface area (Å²) in [6.07, 6.45) is 1.78. The average Bonchev–Trinajstić information content (AvgIpc) is 3.25. The Kier molecular flexibility index (Phi) is 9.54. The molecule has 4 rings (SSSR count). The van der Waals surface area contributed by atoms with Gasteiger partial charge in [-0.05, 0) is 74.6 Å². The van der Waals surface area contributed by atoms with Crippen LogP contribution in [-0.4, -0.2) is 64.0 Å². The van der Waals surface area contributed by atoms with E-state index >= 15 is 0 Å². The summed E-state index contributed by atoms with van der Waals surface area (Å²) in [5.74, 6) is -0.605. The van der Waals surface area contributed by atoms with Gasteiger partial charge in [-0.15, -0.1) is 0 Å². The minimum absolute atomic E-state index is 0.0207. The molecule has 0 bridgehead atoms. The Hall–Kier alpha value is -2.65. The first-order valence-corrected chi connectivity index (χ1v) is 14.2. The fourth-order valence-corrected chi connectivity index (χ4v) is 6.60. The number of nitrogens with one attached hydrogen (secondary N) is 1. The van der Waals surface area contributed by atoms with Crippen molar-refractivity contribution in [2.45, 2.75) is 69.6 Å². The van der Waals surface area contributed by atoms with Crippen molar-refractivity contribution in [3.8, 4) is 0 Å². The SMILES string of the molecule is Cc1cccc(Cc2c(Cl)cccc2[C@](O)(CCCNC(=O)O)[C@@H]2CCCN(C(=O)[C@H]3C[C@@H](N)[C@@H](O)C3)C2)c1. The first-order chi connectivity index (χ1) is 18.6. The van der Waals surface area contributed by atoms with Gasteiger partial charge in [-0.2, -0.15) is 0 Å². The Balaban J connectivity index is 1.64. The van der Waals surface area contributed by atoms with Crippen molar-refractivity contribution in [3.63, 3.8) is 0 Å². The normalized spacial score (nSPS) is 24.8. The molecule has 2 amide bonds. The second-order valence-electron chi connectivity index (χ2n) is 11.2. The number of aryl methyl sites for hydroxylation is 1. The molecule has 2 fully saturated rings. The second kappa shape index (κ2) is 12.7. The molecule has 1 aliphatic heterocycles. The van der Waals surface area contributed by atoms with Crippen molar-refractivity contribution >= 4 is 23.6 Å². The van der Waals surface area contributed by atoms with Crippen LogP contribution in [0.25, 0.3) is 0 Å². The number of hydrogen-bond acceptors (Lipinski definition) is 5. The molecule has 6 N–H and O–H groups in total. The highest BCUT2D eigenvalue weighted by Gasteiger charge is 2.44. The number of rotatable bonds is 9. The van der Waals surface area contributed by atoms with Gasteiger partial charge in [0.1, 0.15) is 0 Å². The molecule has 1 aliphatic carbocycles. The zero-order chi connectivity index (χ0) is 28.2. The van der Waals surface area contributed by atoms with E-state index in [4.69, 9.17) is 22.4 Å². The molecule has 212 valence electrons. The summed E-state index contributed by atoms with van der Waals surface area (Å²) in [5.41, 5.74) is 8.43. The monoisotopic (exact) mass is 557 g/mol. The molecule has 5 atom stereocenters. The van der Waals surface area contributed by atoms with Gasteiger partial charge in [0.25, 0.3) is 0 Å². The predicted octanol–water partition coefficient (Wildman–Crippen LogP) is 3.81. The fraction of sp³-hybridized carbons (Fsp3) is 0.533. The van der Waals surface area contributed by atoms with Crippen molar-refractivity contribution in [3.05, 3.63) is 69.7 Å². The van der Waals surface area contributed by atoms with Gasteiger partial charge in [0.2, 0.25) is 5.91 Å². The van der Waals surface area contributed by atoms with E-state index in [1.54, 1.807) is 0 Å². The van der Waals surface area contributed by atoms with Crippen molar-refractivity contribution < 1.29 is 24.9 Å². The molecule has 2 aromatic carbocycles. The summed E-state index contributed by atoms with van der Waals surface area (Å²) in [7, 11) is 0. The first-order valence-electron chi connectivity index (χ1n) is 13.8. The summed E-state index contributed by atoms with van der Waals surface area (Å²) >= 11 is 6.76. The standard InChI is InChI=1S/C30H40ClN3O5/c1-19-6-2-7-20(14-19)15-23-24(9-3-10-25(23)31)30(39,11-5-12-33-29(37)38)22-8-4-13-34(18-22)28(36)21-16-26(32)27(35)17-21/h2-3,6-7,9-10,14,21-22,26-27,33,35,39H,4-5,8,11-13,15-18,32H2,1H3,(H,37,38)/t21-,22+,26+,27-,30-/m0/s1. The van der Waals surface area contributed by atoms with E-state index in [0.717, 1.165) is 35.1 Å². The Morgan fingerprint density at radius 3 is 2.67 bits per heavy atom. The summed E-state index contributed by atoms with van der Waals surface area (Å²) < 4.78 is 0. The number of amides is 2. The van der Waals surface area contributed by atoms with Gasteiger partial charge in [-0.25, -0.2) is 4.79 Å². The van der Waals surface area contributed by atoms with E-state index in [0.29, 0.717) is 50.2 Å². The highest BCUT2D eigenvalue weighted by molar-refractivity contribution is 6.31. The van der Waals surface area contributed by atoms with Crippen LogP contribution in [0.2, 0.25) is 5.02 Å². The lowest BCUT2D eigenvalue weighted by Crippen LogP contribution is -2.50. The third kappa shape index (κ3) is 6.92. The number of aliphatic hydroxyl groups excluding tert-OH is 1. The lowest BCUT2D eigenvalue weighted by atomic mass is 9.72. The summed E-state index contributed by atoms with van der Waals surface area (Å²) in [6.45, 7) is 3.21. The predicted molar refractivity (Wildman–Crippen MR) is 151 cm³/mol. The highest BCUT2D eigenvalue weighted by Crippen LogP contribution is 2.43. The molecule has 39 heavy (non-hydrogen) atoms. The van der Waals surface area contributed by atoms with Crippen LogP contribution < -0.4 is 11.1 Å². The Labute approximate surface area is 235 Å². The molecule has 1 saturated heterocycles. The molecule has 2 aliphatic rings. The molecule has 0 radical (unpaired) electrons. The van der Waals surface area contributed by atoms with Crippen LogP contribution in [0, 0.1) is 18.8 Å². The van der Waals surface area contributed by atoms with E-state index in [1.165, 1.54) is 0 Å². The first kappa shape index (κ1) is 29.3. The van der Waals surface area contributed by atoms with Crippen LogP contribution in [0.5, 0.6) is 0 Å². The Morgan fingerprint density at radius 1 is 1.21 bits per heavy atom. The minimum Gasteiger partial charge on any atom is -0.465 e. The molecule has 2 aromatic rings. The molecular weight excluding hydrogens is 518 g/mol. The third-order valence-electron chi connectivity index (χ3n) is 8.39. The zero-order valence-corrected chi connectivity index (χ0v) is 23.2. The molecule has 0 spiro atoms. The number of likely N-dealkylation sites (tertiary alicyclic amines) is 1. The maximum absolute atomic E-state index is 13.4. The Bertz CT molecular complexity index is 1170. The van der Waals surface area contributed by atoms with Crippen molar-refractivity contribution in [2.75, 3.05) is 19.6 Å². The second-order valence-corrected chi connectivity index (χ2v) is 11.6. The zero-order valence-electron chi connectivity index (χ0n) is 22.5. The number of nitrogens with zero attached hydrogens (tertiary/aromatic N) is 1. The van der Waals surface area contributed by atoms with Gasteiger partial charge in [0.15, 0.2) is 0 Å². The average molecular weight is 558 g/mol. The van der Waals surface area contributed by atoms with Crippen molar-refractivity contribution in [1.29, 1.82) is 0 Å². The van der Waals surface area contributed by atoms with Crippen molar-refractivity contribution in [2.24, 2.45) is 17.6 Å². The number of piperidine rings is 1. The van der Waals surface area contributed by atoms with Crippen LogP contribution in [0.3, 0.4) is 0 Å². The quantitative estimate of drug-likeness (QED) is 0.297. The van der Waals surface area contributed by atoms with Gasteiger partial charge >= 0.3 is 6.09 Å². The number of carbonyl (C=O) groups excluding carboxylic acids is 1. The summed E-state index contributed by atoms with van der Waals surface area (Å²) in [6, 6.07) is 13.4. The highest BCUT2D eigenvalue weighted by atomic mass is 35.5. The van der Waals surface area contributed by atoms with Crippen LogP contribution in [0.4, 0.5) is 4.79 Å². The molecule has 0 unspecified atom stereocenters. The van der Waals surface area contributed by atoms with Gasteiger partial charge < -0.3 is 31.3 Å². The number of nitrogens with two attached hydrogens (primary N) is 1. The van der Waals surface area contributed by atoms with E-state index in [1.807, 2.05) is 48.2 Å². The van der Waals surface area contributed by atoms with Gasteiger partial charge in [-0.1, -0.05) is 53.6 Å². The number of carbonyl (C=O) groups is 2. The fourth-order valence-electron chi connectivity index (χ4n) is 6.36. The minimum atomic E-state index is -1.32. The van der Waals surface area contributed by atoms with Crippen LogP contribution in [0.15, 0.2) is 42.5 Å². The number of hydrogen-bond donors (Lipinski definition) is 5. The lowest BCUT2D eigenvalue weighted by Gasteiger charge is -2.44. The maximum atomic E-state index is 13.4.